The molecule has 134 valence electrons. The molecule has 1 aliphatic rings. The van der Waals surface area contributed by atoms with Crippen LogP contribution in [0, 0.1) is 5.82 Å². The van der Waals surface area contributed by atoms with E-state index in [4.69, 9.17) is 4.52 Å². The maximum atomic E-state index is 12.9. The molecule has 0 saturated carbocycles. The molecule has 25 heavy (non-hydrogen) atoms. The summed E-state index contributed by atoms with van der Waals surface area (Å²) in [6.45, 7) is 4.70. The summed E-state index contributed by atoms with van der Waals surface area (Å²) in [6.07, 6.45) is 1.70. The Kier molecular flexibility index (Phi) is 5.43. The summed E-state index contributed by atoms with van der Waals surface area (Å²) in [6, 6.07) is 6.20. The summed E-state index contributed by atoms with van der Waals surface area (Å²) in [7, 11) is 2.08. The number of carbonyl (C=O) groups excluding carboxylic acids is 1. The maximum absolute atomic E-state index is 12.9. The van der Waals surface area contributed by atoms with E-state index in [1.165, 1.54) is 12.1 Å². The number of piperazine rings is 1. The SMILES string of the molecule is C[C@H]1CN(C)CCN1C(=O)CCCc1nc(-c2ccc(F)cc2)no1. The number of rotatable bonds is 5. The topological polar surface area (TPSA) is 62.5 Å². The summed E-state index contributed by atoms with van der Waals surface area (Å²) in [5.74, 6) is 0.815. The normalized spacial score (nSPS) is 18.5. The van der Waals surface area contributed by atoms with E-state index in [2.05, 4.69) is 29.0 Å². The van der Waals surface area contributed by atoms with Gasteiger partial charge in [-0.2, -0.15) is 4.98 Å². The third kappa shape index (κ3) is 4.42. The molecule has 6 nitrogen and oxygen atoms in total. The highest BCUT2D eigenvalue weighted by molar-refractivity contribution is 5.76. The first-order valence-electron chi connectivity index (χ1n) is 8.59. The molecule has 0 radical (unpaired) electrons. The van der Waals surface area contributed by atoms with E-state index in [0.29, 0.717) is 36.5 Å². The highest BCUT2D eigenvalue weighted by Crippen LogP contribution is 2.17. The molecular formula is C18H23FN4O2. The number of halogens is 1. The van der Waals surface area contributed by atoms with Gasteiger partial charge in [-0.25, -0.2) is 4.39 Å². The first-order valence-corrected chi connectivity index (χ1v) is 8.59. The summed E-state index contributed by atoms with van der Waals surface area (Å²) in [4.78, 5) is 20.9. The Morgan fingerprint density at radius 3 is 2.80 bits per heavy atom. The molecule has 7 heteroatoms. The van der Waals surface area contributed by atoms with Crippen molar-refractivity contribution < 1.29 is 13.7 Å². The number of carbonyl (C=O) groups is 1. The van der Waals surface area contributed by atoms with Gasteiger partial charge in [0.2, 0.25) is 17.6 Å². The number of benzene rings is 1. The van der Waals surface area contributed by atoms with E-state index in [-0.39, 0.29) is 17.8 Å². The molecule has 0 unspecified atom stereocenters. The molecule has 0 bridgehead atoms. The van der Waals surface area contributed by atoms with Gasteiger partial charge >= 0.3 is 0 Å². The zero-order valence-electron chi connectivity index (χ0n) is 14.6. The van der Waals surface area contributed by atoms with Crippen LogP contribution in [0.3, 0.4) is 0 Å². The number of hydrogen-bond donors (Lipinski definition) is 0. The second kappa shape index (κ2) is 7.74. The highest BCUT2D eigenvalue weighted by atomic mass is 19.1. The molecule has 1 aromatic heterocycles. The summed E-state index contributed by atoms with van der Waals surface area (Å²) in [5, 5.41) is 3.91. The van der Waals surface area contributed by atoms with Gasteiger partial charge in [0, 0.05) is 44.1 Å². The molecule has 1 atom stereocenters. The third-order valence-corrected chi connectivity index (χ3v) is 4.50. The fourth-order valence-electron chi connectivity index (χ4n) is 3.12. The molecule has 0 aliphatic carbocycles. The van der Waals surface area contributed by atoms with E-state index in [1.807, 2.05) is 4.90 Å². The number of aromatic nitrogens is 2. The zero-order valence-corrected chi connectivity index (χ0v) is 14.6. The number of amides is 1. The smallest absolute Gasteiger partial charge is 0.226 e. The van der Waals surface area contributed by atoms with Crippen LogP contribution in [-0.2, 0) is 11.2 Å². The largest absolute Gasteiger partial charge is 0.339 e. The van der Waals surface area contributed by atoms with Crippen molar-refractivity contribution in [1.29, 1.82) is 0 Å². The Hall–Kier alpha value is -2.28. The van der Waals surface area contributed by atoms with Gasteiger partial charge < -0.3 is 14.3 Å². The minimum absolute atomic E-state index is 0.180. The second-order valence-electron chi connectivity index (χ2n) is 6.57. The lowest BCUT2D eigenvalue weighted by atomic mass is 10.1. The van der Waals surface area contributed by atoms with Crippen molar-refractivity contribution >= 4 is 5.91 Å². The standard InChI is InChI=1S/C18H23FN4O2/c1-13-12-22(2)10-11-23(13)17(24)5-3-4-16-20-18(21-25-16)14-6-8-15(19)9-7-14/h6-9,13H,3-5,10-12H2,1-2H3/t13-/m0/s1. The quantitative estimate of drug-likeness (QED) is 0.832. The number of nitrogens with zero attached hydrogens (tertiary/aromatic N) is 4. The zero-order chi connectivity index (χ0) is 17.8. The predicted molar refractivity (Wildman–Crippen MR) is 91.3 cm³/mol. The molecule has 1 amide bonds. The van der Waals surface area contributed by atoms with Crippen LogP contribution >= 0.6 is 0 Å². The minimum atomic E-state index is -0.302. The Morgan fingerprint density at radius 2 is 2.08 bits per heavy atom. The van der Waals surface area contributed by atoms with Gasteiger partial charge in [-0.15, -0.1) is 0 Å². The fourth-order valence-corrected chi connectivity index (χ4v) is 3.12. The number of likely N-dealkylation sites (N-methyl/N-ethyl adjacent to an activating group) is 1. The van der Waals surface area contributed by atoms with Gasteiger partial charge in [0.05, 0.1) is 0 Å². The average molecular weight is 346 g/mol. The van der Waals surface area contributed by atoms with E-state index < -0.39 is 0 Å². The van der Waals surface area contributed by atoms with Crippen molar-refractivity contribution in [2.45, 2.75) is 32.2 Å². The van der Waals surface area contributed by atoms with E-state index in [9.17, 15) is 9.18 Å². The van der Waals surface area contributed by atoms with Crippen LogP contribution in [0.15, 0.2) is 28.8 Å². The highest BCUT2D eigenvalue weighted by Gasteiger charge is 2.25. The molecule has 1 fully saturated rings. The van der Waals surface area contributed by atoms with Gasteiger partial charge in [-0.3, -0.25) is 4.79 Å². The van der Waals surface area contributed by atoms with Gasteiger partial charge in [0.15, 0.2) is 0 Å². The lowest BCUT2D eigenvalue weighted by molar-refractivity contribution is -0.135. The third-order valence-electron chi connectivity index (χ3n) is 4.50. The molecule has 1 saturated heterocycles. The number of aryl methyl sites for hydroxylation is 1. The molecule has 2 heterocycles. The molecule has 1 aliphatic heterocycles. The van der Waals surface area contributed by atoms with Crippen LogP contribution in [0.4, 0.5) is 4.39 Å². The van der Waals surface area contributed by atoms with E-state index >= 15 is 0 Å². The van der Waals surface area contributed by atoms with Crippen LogP contribution in [0.2, 0.25) is 0 Å². The maximum Gasteiger partial charge on any atom is 0.226 e. The monoisotopic (exact) mass is 346 g/mol. The molecule has 0 spiro atoms. The molecule has 3 rings (SSSR count). The van der Waals surface area contributed by atoms with Gasteiger partial charge in [-0.05, 0) is 44.7 Å². The molecule has 0 N–H and O–H groups in total. The Morgan fingerprint density at radius 1 is 1.32 bits per heavy atom. The van der Waals surface area contributed by atoms with Crippen molar-refractivity contribution in [3.05, 3.63) is 36.0 Å². The lowest BCUT2D eigenvalue weighted by Gasteiger charge is -2.38. The number of hydrogen-bond acceptors (Lipinski definition) is 5. The minimum Gasteiger partial charge on any atom is -0.339 e. The van der Waals surface area contributed by atoms with Crippen molar-refractivity contribution in [3.63, 3.8) is 0 Å². The Bertz CT molecular complexity index is 716. The van der Waals surface area contributed by atoms with Crippen LogP contribution in [0.25, 0.3) is 11.4 Å². The first kappa shape index (κ1) is 17.5. The van der Waals surface area contributed by atoms with Gasteiger partial charge in [0.1, 0.15) is 5.82 Å². The average Bonchev–Trinajstić information content (AvgIpc) is 3.04. The molecular weight excluding hydrogens is 323 g/mol. The summed E-state index contributed by atoms with van der Waals surface area (Å²) < 4.78 is 18.2. The van der Waals surface area contributed by atoms with Crippen molar-refractivity contribution in [2.24, 2.45) is 0 Å². The van der Waals surface area contributed by atoms with Gasteiger partial charge in [-0.1, -0.05) is 5.16 Å². The summed E-state index contributed by atoms with van der Waals surface area (Å²) >= 11 is 0. The van der Waals surface area contributed by atoms with Crippen LogP contribution in [-0.4, -0.2) is 58.6 Å². The van der Waals surface area contributed by atoms with Crippen molar-refractivity contribution in [2.75, 3.05) is 26.7 Å². The first-order chi connectivity index (χ1) is 12.0. The van der Waals surface area contributed by atoms with Crippen LogP contribution in [0.1, 0.15) is 25.7 Å². The van der Waals surface area contributed by atoms with Crippen molar-refractivity contribution in [1.82, 2.24) is 19.9 Å². The Balaban J connectivity index is 1.49. The van der Waals surface area contributed by atoms with Crippen LogP contribution < -0.4 is 0 Å². The molecule has 1 aromatic carbocycles. The van der Waals surface area contributed by atoms with Gasteiger partial charge in [0.25, 0.3) is 0 Å². The van der Waals surface area contributed by atoms with E-state index in [0.717, 1.165) is 19.6 Å². The fraction of sp³-hybridized carbons (Fsp3) is 0.500. The predicted octanol–water partition coefficient (Wildman–Crippen LogP) is 2.36. The second-order valence-corrected chi connectivity index (χ2v) is 6.57. The van der Waals surface area contributed by atoms with E-state index in [1.54, 1.807) is 12.1 Å². The lowest BCUT2D eigenvalue weighted by Crippen LogP contribution is -2.52. The Labute approximate surface area is 146 Å². The van der Waals surface area contributed by atoms with Crippen LogP contribution in [0.5, 0.6) is 0 Å². The summed E-state index contributed by atoms with van der Waals surface area (Å²) in [5.41, 5.74) is 0.707. The van der Waals surface area contributed by atoms with Crippen molar-refractivity contribution in [3.8, 4) is 11.4 Å². The molecule has 2 aromatic rings.